The molecule has 0 bridgehead atoms. The predicted molar refractivity (Wildman–Crippen MR) is 116 cm³/mol. The minimum Gasteiger partial charge on any atom is -0.465 e. The number of methoxy groups -OCH3 is 1. The van der Waals surface area contributed by atoms with E-state index in [1.54, 1.807) is 6.20 Å². The lowest BCUT2D eigenvalue weighted by molar-refractivity contribution is -0.133. The molecule has 0 spiro atoms. The molecule has 31 heavy (non-hydrogen) atoms. The van der Waals surface area contributed by atoms with Crippen LogP contribution in [0.4, 0.5) is 0 Å². The monoisotopic (exact) mass is 416 g/mol. The summed E-state index contributed by atoms with van der Waals surface area (Å²) in [6, 6.07) is 17.3. The van der Waals surface area contributed by atoms with E-state index in [4.69, 9.17) is 10.00 Å². The van der Waals surface area contributed by atoms with Gasteiger partial charge in [0, 0.05) is 49.8 Å². The van der Waals surface area contributed by atoms with Crippen molar-refractivity contribution in [2.45, 2.75) is 13.1 Å². The fourth-order valence-electron chi connectivity index (χ4n) is 3.99. The van der Waals surface area contributed by atoms with Gasteiger partial charge in [0.05, 0.1) is 24.3 Å². The highest BCUT2D eigenvalue weighted by Crippen LogP contribution is 2.22. The number of nitriles is 1. The zero-order valence-corrected chi connectivity index (χ0v) is 17.5. The number of piperazine rings is 1. The van der Waals surface area contributed by atoms with Gasteiger partial charge in [0.2, 0.25) is 5.91 Å². The van der Waals surface area contributed by atoms with Crippen molar-refractivity contribution in [3.8, 4) is 6.07 Å². The number of fused-ring (bicyclic) bond motifs is 1. The average molecular weight is 416 g/mol. The molecule has 0 atom stereocenters. The van der Waals surface area contributed by atoms with E-state index in [9.17, 15) is 9.59 Å². The molecule has 0 aliphatic carbocycles. The van der Waals surface area contributed by atoms with Gasteiger partial charge in [0.1, 0.15) is 6.54 Å². The third-order valence-corrected chi connectivity index (χ3v) is 5.71. The number of hydrogen-bond acceptors (Lipinski definition) is 5. The minimum absolute atomic E-state index is 0.0372. The summed E-state index contributed by atoms with van der Waals surface area (Å²) in [4.78, 5) is 29.2. The molecule has 4 rings (SSSR count). The smallest absolute Gasteiger partial charge is 0.340 e. The van der Waals surface area contributed by atoms with Crippen LogP contribution in [-0.4, -0.2) is 59.5 Å². The molecule has 0 unspecified atom stereocenters. The number of nitrogens with zero attached hydrogens (tertiary/aromatic N) is 4. The summed E-state index contributed by atoms with van der Waals surface area (Å²) in [5, 5.41) is 9.70. The molecule has 158 valence electrons. The third-order valence-electron chi connectivity index (χ3n) is 5.71. The Morgan fingerprint density at radius 3 is 2.42 bits per heavy atom. The van der Waals surface area contributed by atoms with Crippen LogP contribution >= 0.6 is 0 Å². The fourth-order valence-corrected chi connectivity index (χ4v) is 3.99. The number of amides is 1. The first-order valence-corrected chi connectivity index (χ1v) is 10.2. The van der Waals surface area contributed by atoms with Gasteiger partial charge in [-0.05, 0) is 23.8 Å². The number of ether oxygens (including phenoxy) is 1. The number of carbonyl (C=O) groups is 2. The van der Waals surface area contributed by atoms with Crippen molar-refractivity contribution in [3.63, 3.8) is 0 Å². The lowest BCUT2D eigenvalue weighted by Gasteiger charge is -2.35. The van der Waals surface area contributed by atoms with Crippen LogP contribution in [0.1, 0.15) is 21.5 Å². The molecule has 7 heteroatoms. The highest BCUT2D eigenvalue weighted by Gasteiger charge is 2.23. The fraction of sp³-hybridized carbons (Fsp3) is 0.292. The molecule has 2 heterocycles. The molecule has 1 aliphatic heterocycles. The van der Waals surface area contributed by atoms with Crippen molar-refractivity contribution in [2.24, 2.45) is 0 Å². The zero-order chi connectivity index (χ0) is 21.8. The van der Waals surface area contributed by atoms with Gasteiger partial charge < -0.3 is 14.2 Å². The van der Waals surface area contributed by atoms with E-state index in [-0.39, 0.29) is 12.5 Å². The molecule has 7 nitrogen and oxygen atoms in total. The Kier molecular flexibility index (Phi) is 6.01. The van der Waals surface area contributed by atoms with Gasteiger partial charge in [-0.2, -0.15) is 5.26 Å². The van der Waals surface area contributed by atoms with Crippen LogP contribution in [-0.2, 0) is 22.6 Å². The number of para-hydroxylation sites is 1. The van der Waals surface area contributed by atoms with Crippen molar-refractivity contribution in [3.05, 3.63) is 71.4 Å². The Balaban J connectivity index is 1.38. The maximum absolute atomic E-state index is 12.9. The van der Waals surface area contributed by atoms with E-state index in [0.717, 1.165) is 36.1 Å². The van der Waals surface area contributed by atoms with Crippen LogP contribution < -0.4 is 0 Å². The first-order chi connectivity index (χ1) is 15.1. The predicted octanol–water partition coefficient (Wildman–Crippen LogP) is 2.64. The van der Waals surface area contributed by atoms with Gasteiger partial charge >= 0.3 is 5.97 Å². The molecular weight excluding hydrogens is 392 g/mol. The van der Waals surface area contributed by atoms with Crippen molar-refractivity contribution in [1.82, 2.24) is 14.4 Å². The Morgan fingerprint density at radius 2 is 1.74 bits per heavy atom. The Bertz CT molecular complexity index is 1140. The number of rotatable bonds is 5. The second kappa shape index (κ2) is 9.02. The largest absolute Gasteiger partial charge is 0.465 e. The molecule has 1 aromatic heterocycles. The lowest BCUT2D eigenvalue weighted by atomic mass is 10.1. The summed E-state index contributed by atoms with van der Waals surface area (Å²) < 4.78 is 6.71. The number of esters is 1. The van der Waals surface area contributed by atoms with Gasteiger partial charge in [-0.1, -0.05) is 30.3 Å². The van der Waals surface area contributed by atoms with E-state index in [2.05, 4.69) is 11.0 Å². The van der Waals surface area contributed by atoms with Crippen LogP contribution in [0.5, 0.6) is 0 Å². The molecule has 2 aromatic carbocycles. The number of hydrogen-bond donors (Lipinski definition) is 0. The van der Waals surface area contributed by atoms with Gasteiger partial charge in [-0.15, -0.1) is 0 Å². The molecule has 1 saturated heterocycles. The lowest BCUT2D eigenvalue weighted by Crippen LogP contribution is -2.49. The SMILES string of the molecule is COC(=O)c1cn(CC(=O)N2CCN(Cc3ccc(C#N)cc3)CC2)c2ccccc12. The average Bonchev–Trinajstić information content (AvgIpc) is 3.18. The van der Waals surface area contributed by atoms with Crippen LogP contribution in [0.25, 0.3) is 10.9 Å². The second-order valence-corrected chi connectivity index (χ2v) is 7.65. The molecule has 1 fully saturated rings. The molecular formula is C24H24N4O3. The summed E-state index contributed by atoms with van der Waals surface area (Å²) in [5.74, 6) is -0.367. The molecule has 1 amide bonds. The van der Waals surface area contributed by atoms with Crippen LogP contribution in [0.15, 0.2) is 54.7 Å². The Morgan fingerprint density at radius 1 is 1.03 bits per heavy atom. The van der Waals surface area contributed by atoms with Crippen LogP contribution in [0.2, 0.25) is 0 Å². The Labute approximate surface area is 181 Å². The van der Waals surface area contributed by atoms with E-state index in [0.29, 0.717) is 24.2 Å². The van der Waals surface area contributed by atoms with E-state index < -0.39 is 5.97 Å². The molecule has 1 aliphatic rings. The molecule has 0 N–H and O–H groups in total. The number of carbonyl (C=O) groups excluding carboxylic acids is 2. The zero-order valence-electron chi connectivity index (χ0n) is 17.5. The first kappa shape index (κ1) is 20.6. The Hall–Kier alpha value is -3.63. The highest BCUT2D eigenvalue weighted by molar-refractivity contribution is 6.04. The number of benzene rings is 2. The summed E-state index contributed by atoms with van der Waals surface area (Å²) in [6.45, 7) is 3.92. The second-order valence-electron chi connectivity index (χ2n) is 7.65. The first-order valence-electron chi connectivity index (χ1n) is 10.2. The summed E-state index contributed by atoms with van der Waals surface area (Å²) in [5.41, 5.74) is 3.13. The van der Waals surface area contributed by atoms with Crippen molar-refractivity contribution >= 4 is 22.8 Å². The topological polar surface area (TPSA) is 78.6 Å². The normalized spacial score (nSPS) is 14.4. The van der Waals surface area contributed by atoms with Crippen molar-refractivity contribution < 1.29 is 14.3 Å². The van der Waals surface area contributed by atoms with Crippen LogP contribution in [0, 0.1) is 11.3 Å². The highest BCUT2D eigenvalue weighted by atomic mass is 16.5. The van der Waals surface area contributed by atoms with E-state index in [1.165, 1.54) is 7.11 Å². The van der Waals surface area contributed by atoms with E-state index >= 15 is 0 Å². The van der Waals surface area contributed by atoms with Gasteiger partial charge in [-0.3, -0.25) is 9.69 Å². The molecule has 0 radical (unpaired) electrons. The van der Waals surface area contributed by atoms with Gasteiger partial charge in [0.25, 0.3) is 0 Å². The van der Waals surface area contributed by atoms with E-state index in [1.807, 2.05) is 58.0 Å². The summed E-state index contributed by atoms with van der Waals surface area (Å²) in [6.07, 6.45) is 1.70. The molecule has 3 aromatic rings. The summed E-state index contributed by atoms with van der Waals surface area (Å²) in [7, 11) is 1.36. The maximum Gasteiger partial charge on any atom is 0.340 e. The molecule has 0 saturated carbocycles. The van der Waals surface area contributed by atoms with Crippen LogP contribution in [0.3, 0.4) is 0 Å². The number of aromatic nitrogens is 1. The van der Waals surface area contributed by atoms with Gasteiger partial charge in [0.15, 0.2) is 0 Å². The van der Waals surface area contributed by atoms with Crippen molar-refractivity contribution in [2.75, 3.05) is 33.3 Å². The maximum atomic E-state index is 12.9. The van der Waals surface area contributed by atoms with Crippen molar-refractivity contribution in [1.29, 1.82) is 5.26 Å². The standard InChI is InChI=1S/C24H24N4O3/c1-31-24(30)21-16-28(22-5-3-2-4-20(21)22)17-23(29)27-12-10-26(11-13-27)15-19-8-6-18(14-25)7-9-19/h2-9,16H,10-13,15,17H2,1H3. The third kappa shape index (κ3) is 4.44. The quantitative estimate of drug-likeness (QED) is 0.598. The minimum atomic E-state index is -0.404. The van der Waals surface area contributed by atoms with Gasteiger partial charge in [-0.25, -0.2) is 4.79 Å². The summed E-state index contributed by atoms with van der Waals surface area (Å²) >= 11 is 0.